The molecule has 128 valence electrons. The van der Waals surface area contributed by atoms with E-state index in [4.69, 9.17) is 5.11 Å². The summed E-state index contributed by atoms with van der Waals surface area (Å²) < 4.78 is 30.7. The molecule has 1 unspecified atom stereocenters. The second-order valence-electron chi connectivity index (χ2n) is 6.04. The minimum Gasteiger partial charge on any atom is -0.396 e. The summed E-state index contributed by atoms with van der Waals surface area (Å²) in [7, 11) is -0.470. The summed E-state index contributed by atoms with van der Waals surface area (Å²) in [5.41, 5.74) is 1.03. The van der Waals surface area contributed by atoms with Crippen LogP contribution in [-0.2, 0) is 24.1 Å². The maximum atomic E-state index is 12.6. The maximum Gasteiger partial charge on any atom is 0.328 e. The minimum atomic E-state index is -3.72. The lowest BCUT2D eigenvalue weighted by Gasteiger charge is -2.21. The smallest absolute Gasteiger partial charge is 0.328 e. The van der Waals surface area contributed by atoms with E-state index in [1.165, 1.54) is 21.3 Å². The van der Waals surface area contributed by atoms with E-state index in [1.54, 1.807) is 20.2 Å². The molecule has 1 heterocycles. The summed E-state index contributed by atoms with van der Waals surface area (Å²) in [6, 6.07) is 4.26. The molecule has 2 N–H and O–H groups in total. The van der Waals surface area contributed by atoms with Gasteiger partial charge in [0.1, 0.15) is 0 Å². The Morgan fingerprint density at radius 3 is 2.35 bits per heavy atom. The molecule has 0 amide bonds. The topological polar surface area (TPSA) is 93.3 Å². The van der Waals surface area contributed by atoms with Crippen molar-refractivity contribution in [2.75, 3.05) is 6.61 Å². The molecule has 0 spiro atoms. The molecular weight excluding hydrogens is 318 g/mol. The van der Waals surface area contributed by atoms with Crippen LogP contribution in [0, 0.1) is 5.92 Å². The molecule has 0 fully saturated rings. The van der Waals surface area contributed by atoms with E-state index in [2.05, 4.69) is 4.72 Å². The van der Waals surface area contributed by atoms with Crippen molar-refractivity contribution in [3.8, 4) is 0 Å². The lowest BCUT2D eigenvalue weighted by atomic mass is 10.0. The first kappa shape index (κ1) is 17.7. The van der Waals surface area contributed by atoms with Crippen molar-refractivity contribution >= 4 is 21.1 Å². The highest BCUT2D eigenvalue weighted by Crippen LogP contribution is 2.19. The molecular formula is C15H23N3O4S. The Labute approximate surface area is 135 Å². The molecule has 1 aromatic carbocycles. The number of hydrogen-bond acceptors (Lipinski definition) is 4. The predicted octanol–water partition coefficient (Wildman–Crippen LogP) is 0.562. The molecule has 0 aliphatic heterocycles. The Hall–Kier alpha value is -1.64. The first-order valence-electron chi connectivity index (χ1n) is 7.47. The fourth-order valence-corrected chi connectivity index (χ4v) is 4.03. The number of rotatable bonds is 6. The summed E-state index contributed by atoms with van der Waals surface area (Å²) in [4.78, 5) is 12.0. The molecule has 1 aromatic heterocycles. The monoisotopic (exact) mass is 341 g/mol. The Morgan fingerprint density at radius 2 is 1.78 bits per heavy atom. The lowest BCUT2D eigenvalue weighted by Crippen LogP contribution is -2.39. The van der Waals surface area contributed by atoms with Crippen LogP contribution < -0.4 is 10.4 Å². The molecule has 0 aliphatic carbocycles. The van der Waals surface area contributed by atoms with Crippen molar-refractivity contribution in [1.82, 2.24) is 13.9 Å². The van der Waals surface area contributed by atoms with Crippen molar-refractivity contribution in [3.63, 3.8) is 0 Å². The molecule has 2 aromatic rings. The van der Waals surface area contributed by atoms with Gasteiger partial charge in [0.05, 0.1) is 15.9 Å². The molecule has 8 heteroatoms. The van der Waals surface area contributed by atoms with Crippen molar-refractivity contribution in [3.05, 3.63) is 28.7 Å². The Morgan fingerprint density at radius 1 is 1.17 bits per heavy atom. The van der Waals surface area contributed by atoms with Crippen LogP contribution in [0.3, 0.4) is 0 Å². The zero-order valence-corrected chi connectivity index (χ0v) is 14.6. The number of aromatic nitrogens is 2. The molecule has 1 atom stereocenters. The van der Waals surface area contributed by atoms with Gasteiger partial charge in [-0.25, -0.2) is 17.9 Å². The molecule has 23 heavy (non-hydrogen) atoms. The van der Waals surface area contributed by atoms with E-state index >= 15 is 0 Å². The second kappa shape index (κ2) is 6.46. The molecule has 0 saturated carbocycles. The van der Waals surface area contributed by atoms with E-state index in [1.807, 2.05) is 13.8 Å². The number of aliphatic hydroxyl groups excluding tert-OH is 1. The number of benzene rings is 1. The highest BCUT2D eigenvalue weighted by molar-refractivity contribution is 7.89. The molecule has 0 aliphatic rings. The predicted molar refractivity (Wildman–Crippen MR) is 88.8 cm³/mol. The van der Waals surface area contributed by atoms with Crippen LogP contribution in [0.4, 0.5) is 0 Å². The van der Waals surface area contributed by atoms with Gasteiger partial charge in [-0.05, 0) is 30.5 Å². The number of imidazole rings is 1. The van der Waals surface area contributed by atoms with Crippen molar-refractivity contribution in [2.45, 2.75) is 31.2 Å². The first-order chi connectivity index (χ1) is 10.7. The van der Waals surface area contributed by atoms with Gasteiger partial charge >= 0.3 is 5.69 Å². The van der Waals surface area contributed by atoms with E-state index < -0.39 is 10.0 Å². The molecule has 0 bridgehead atoms. The van der Waals surface area contributed by atoms with Crippen LogP contribution in [0.15, 0.2) is 27.9 Å². The van der Waals surface area contributed by atoms with E-state index in [0.717, 1.165) is 0 Å². The van der Waals surface area contributed by atoms with E-state index in [-0.39, 0.29) is 29.2 Å². The van der Waals surface area contributed by atoms with Crippen LogP contribution in [-0.4, -0.2) is 35.3 Å². The second-order valence-corrected chi connectivity index (χ2v) is 7.75. The number of nitrogens with one attached hydrogen (secondary N) is 1. The van der Waals surface area contributed by atoms with Gasteiger partial charge in [-0.1, -0.05) is 13.8 Å². The zero-order chi connectivity index (χ0) is 17.4. The Bertz CT molecular complexity index is 865. The minimum absolute atomic E-state index is 0.0572. The number of nitrogens with zero attached hydrogens (tertiary/aromatic N) is 2. The third kappa shape index (κ3) is 3.34. The largest absolute Gasteiger partial charge is 0.396 e. The summed E-state index contributed by atoms with van der Waals surface area (Å²) in [5, 5.41) is 9.09. The van der Waals surface area contributed by atoms with Gasteiger partial charge in [-0.2, -0.15) is 0 Å². The van der Waals surface area contributed by atoms with Gasteiger partial charge in [0.25, 0.3) is 0 Å². The number of hydrogen-bond donors (Lipinski definition) is 2. The molecule has 0 radical (unpaired) electrons. The van der Waals surface area contributed by atoms with Crippen LogP contribution in [0.5, 0.6) is 0 Å². The summed E-state index contributed by atoms with van der Waals surface area (Å²) in [6.07, 6.45) is 0.350. The Kier molecular flexibility index (Phi) is 4.98. The lowest BCUT2D eigenvalue weighted by molar-refractivity contribution is 0.256. The van der Waals surface area contributed by atoms with Gasteiger partial charge in [0, 0.05) is 26.7 Å². The van der Waals surface area contributed by atoms with Crippen LogP contribution in [0.1, 0.15) is 20.3 Å². The van der Waals surface area contributed by atoms with Crippen molar-refractivity contribution in [1.29, 1.82) is 0 Å². The number of aryl methyl sites for hydroxylation is 2. The number of sulfonamides is 1. The summed E-state index contributed by atoms with van der Waals surface area (Å²) in [6.45, 7) is 3.71. The third-order valence-corrected chi connectivity index (χ3v) is 5.59. The van der Waals surface area contributed by atoms with Crippen molar-refractivity contribution in [2.24, 2.45) is 20.0 Å². The summed E-state index contributed by atoms with van der Waals surface area (Å²) in [5.74, 6) is 0.0572. The zero-order valence-electron chi connectivity index (χ0n) is 13.8. The van der Waals surface area contributed by atoms with Gasteiger partial charge in [0.2, 0.25) is 10.0 Å². The van der Waals surface area contributed by atoms with Crippen molar-refractivity contribution < 1.29 is 13.5 Å². The average molecular weight is 341 g/mol. The SMILES string of the molecule is CC(C)C(CCO)NS(=O)(=O)c1ccc2c(c1)n(C)c(=O)n2C. The van der Waals surface area contributed by atoms with Crippen LogP contribution in [0.2, 0.25) is 0 Å². The number of aliphatic hydroxyl groups is 1. The van der Waals surface area contributed by atoms with Gasteiger partial charge in [-0.15, -0.1) is 0 Å². The molecule has 2 rings (SSSR count). The fourth-order valence-electron chi connectivity index (χ4n) is 2.59. The Balaban J connectivity index is 2.46. The highest BCUT2D eigenvalue weighted by Gasteiger charge is 2.23. The van der Waals surface area contributed by atoms with E-state index in [0.29, 0.717) is 17.5 Å². The van der Waals surface area contributed by atoms with Crippen LogP contribution in [0.25, 0.3) is 11.0 Å². The fraction of sp³-hybridized carbons (Fsp3) is 0.533. The van der Waals surface area contributed by atoms with Gasteiger partial charge in [0.15, 0.2) is 0 Å². The normalized spacial score (nSPS) is 13.8. The quantitative estimate of drug-likeness (QED) is 0.803. The number of fused-ring (bicyclic) bond motifs is 1. The van der Waals surface area contributed by atoms with E-state index in [9.17, 15) is 13.2 Å². The molecule has 0 saturated heterocycles. The molecule has 7 nitrogen and oxygen atoms in total. The first-order valence-corrected chi connectivity index (χ1v) is 8.96. The van der Waals surface area contributed by atoms with Crippen LogP contribution >= 0.6 is 0 Å². The standard InChI is InChI=1S/C15H23N3O4S/c1-10(2)12(7-8-19)16-23(21,22)11-5-6-13-14(9-11)18(4)15(20)17(13)3/h5-6,9-10,12,16,19H,7-8H2,1-4H3. The maximum absolute atomic E-state index is 12.6. The highest BCUT2D eigenvalue weighted by atomic mass is 32.2. The van der Waals surface area contributed by atoms with Gasteiger partial charge in [-0.3, -0.25) is 9.13 Å². The van der Waals surface area contributed by atoms with Gasteiger partial charge < -0.3 is 5.11 Å². The average Bonchev–Trinajstić information content (AvgIpc) is 2.71. The summed E-state index contributed by atoms with van der Waals surface area (Å²) >= 11 is 0. The third-order valence-electron chi connectivity index (χ3n) is 4.11.